The number of nitrogens with one attached hydrogen (secondary N) is 1. The van der Waals surface area contributed by atoms with Crippen LogP contribution in [-0.2, 0) is 4.79 Å². The summed E-state index contributed by atoms with van der Waals surface area (Å²) in [6.45, 7) is 3.35. The summed E-state index contributed by atoms with van der Waals surface area (Å²) in [5.74, 6) is 0.450. The molecule has 0 radical (unpaired) electrons. The molecule has 0 spiro atoms. The first-order chi connectivity index (χ1) is 13.1. The minimum Gasteiger partial charge on any atom is -0.347 e. The van der Waals surface area contributed by atoms with E-state index < -0.39 is 0 Å². The highest BCUT2D eigenvalue weighted by molar-refractivity contribution is 5.96. The van der Waals surface area contributed by atoms with Gasteiger partial charge in [0, 0.05) is 43.0 Å². The molecule has 1 aliphatic rings. The summed E-state index contributed by atoms with van der Waals surface area (Å²) in [6.07, 6.45) is 6.44. The average Bonchev–Trinajstić information content (AvgIpc) is 3.28. The Morgan fingerprint density at radius 2 is 2.22 bits per heavy atom. The van der Waals surface area contributed by atoms with Gasteiger partial charge in [-0.2, -0.15) is 0 Å². The summed E-state index contributed by atoms with van der Waals surface area (Å²) in [5, 5.41) is 10.7. The molecule has 8 heteroatoms. The highest BCUT2D eigenvalue weighted by Gasteiger charge is 2.30. The largest absolute Gasteiger partial charge is 0.347 e. The van der Waals surface area contributed by atoms with Gasteiger partial charge in [0.2, 0.25) is 5.91 Å². The minimum atomic E-state index is -0.175. The van der Waals surface area contributed by atoms with Gasteiger partial charge in [-0.1, -0.05) is 19.1 Å². The van der Waals surface area contributed by atoms with Crippen LogP contribution in [-0.4, -0.2) is 55.4 Å². The van der Waals surface area contributed by atoms with Crippen LogP contribution >= 0.6 is 0 Å². The van der Waals surface area contributed by atoms with Crippen LogP contribution in [0.3, 0.4) is 0 Å². The second-order valence-electron chi connectivity index (χ2n) is 6.68. The molecule has 0 unspecified atom stereocenters. The molecule has 1 aromatic carbocycles. The van der Waals surface area contributed by atoms with Gasteiger partial charge in [0.1, 0.15) is 6.33 Å². The summed E-state index contributed by atoms with van der Waals surface area (Å²) in [5.41, 5.74) is 2.29. The number of likely N-dealkylation sites (tertiary alicyclic amines) is 1. The Bertz CT molecular complexity index is 999. The van der Waals surface area contributed by atoms with Gasteiger partial charge in [0.05, 0.1) is 6.04 Å². The van der Waals surface area contributed by atoms with Gasteiger partial charge in [-0.3, -0.25) is 14.0 Å². The van der Waals surface area contributed by atoms with Crippen molar-refractivity contribution in [3.8, 4) is 11.1 Å². The van der Waals surface area contributed by atoms with E-state index in [9.17, 15) is 9.59 Å². The number of rotatable bonds is 5. The normalized spacial score (nSPS) is 16.9. The first-order valence-electron chi connectivity index (χ1n) is 8.98. The Morgan fingerprint density at radius 1 is 1.33 bits per heavy atom. The van der Waals surface area contributed by atoms with E-state index >= 15 is 0 Å². The maximum atomic E-state index is 12.6. The standard InChI is InChI=1S/C19H20N6O2/c1-2-6-24-11-16(8-17(24)26)22-18(27)14-5-3-4-13(7-14)15-9-20-19-23-21-12-25(19)10-15/h3-5,7,9-10,12,16H,2,6,8,11H2,1H3,(H,22,27)/t16-/m0/s1. The van der Waals surface area contributed by atoms with E-state index in [4.69, 9.17) is 0 Å². The summed E-state index contributed by atoms with van der Waals surface area (Å²) in [7, 11) is 0. The molecule has 1 aliphatic heterocycles. The van der Waals surface area contributed by atoms with Gasteiger partial charge in [-0.05, 0) is 24.1 Å². The Labute approximate surface area is 156 Å². The van der Waals surface area contributed by atoms with Crippen LogP contribution in [0.15, 0.2) is 43.0 Å². The number of nitrogens with zero attached hydrogens (tertiary/aromatic N) is 5. The van der Waals surface area contributed by atoms with Crippen molar-refractivity contribution < 1.29 is 9.59 Å². The monoisotopic (exact) mass is 364 g/mol. The molecule has 0 bridgehead atoms. The van der Waals surface area contributed by atoms with E-state index in [1.54, 1.807) is 27.9 Å². The molecule has 0 aliphatic carbocycles. The SMILES string of the molecule is CCCN1C[C@@H](NC(=O)c2cccc(-c3cnc4nncn4c3)c2)CC1=O. The fourth-order valence-electron chi connectivity index (χ4n) is 3.34. The molecule has 3 aromatic rings. The predicted molar refractivity (Wildman–Crippen MR) is 99.0 cm³/mol. The van der Waals surface area contributed by atoms with Crippen molar-refractivity contribution in [2.75, 3.05) is 13.1 Å². The van der Waals surface area contributed by atoms with Crippen molar-refractivity contribution in [2.45, 2.75) is 25.8 Å². The third-order valence-corrected chi connectivity index (χ3v) is 4.65. The zero-order chi connectivity index (χ0) is 18.8. The van der Waals surface area contributed by atoms with Gasteiger partial charge >= 0.3 is 0 Å². The number of hydrogen-bond acceptors (Lipinski definition) is 5. The number of carbonyl (C=O) groups is 2. The average molecular weight is 364 g/mol. The lowest BCUT2D eigenvalue weighted by atomic mass is 10.1. The third kappa shape index (κ3) is 3.51. The first kappa shape index (κ1) is 17.1. The van der Waals surface area contributed by atoms with E-state index in [2.05, 4.69) is 20.5 Å². The van der Waals surface area contributed by atoms with E-state index in [1.807, 2.05) is 31.3 Å². The Balaban J connectivity index is 1.50. The smallest absolute Gasteiger partial charge is 0.254 e. The first-order valence-corrected chi connectivity index (χ1v) is 8.98. The zero-order valence-corrected chi connectivity index (χ0v) is 15.0. The van der Waals surface area contributed by atoms with Gasteiger partial charge in [-0.15, -0.1) is 10.2 Å². The summed E-state index contributed by atoms with van der Waals surface area (Å²) < 4.78 is 1.73. The molecule has 2 aromatic heterocycles. The molecule has 3 heterocycles. The molecular weight excluding hydrogens is 344 g/mol. The number of hydrogen-bond donors (Lipinski definition) is 1. The zero-order valence-electron chi connectivity index (χ0n) is 15.0. The molecule has 1 atom stereocenters. The van der Waals surface area contributed by atoms with E-state index in [0.29, 0.717) is 24.3 Å². The Morgan fingerprint density at radius 3 is 3.07 bits per heavy atom. The maximum Gasteiger partial charge on any atom is 0.254 e. The molecule has 138 valence electrons. The second kappa shape index (κ2) is 7.14. The summed E-state index contributed by atoms with van der Waals surface area (Å²) in [6, 6.07) is 7.21. The van der Waals surface area contributed by atoms with E-state index in [-0.39, 0.29) is 17.9 Å². The number of benzene rings is 1. The van der Waals surface area contributed by atoms with Crippen LogP contribution in [0, 0.1) is 0 Å². The van der Waals surface area contributed by atoms with Gasteiger partial charge < -0.3 is 10.2 Å². The minimum absolute atomic E-state index is 0.101. The molecule has 4 rings (SSSR count). The predicted octanol–water partition coefficient (Wildman–Crippen LogP) is 1.53. The molecule has 8 nitrogen and oxygen atoms in total. The number of carbonyl (C=O) groups excluding carboxylic acids is 2. The maximum absolute atomic E-state index is 12.6. The highest BCUT2D eigenvalue weighted by Crippen LogP contribution is 2.20. The second-order valence-corrected chi connectivity index (χ2v) is 6.68. The Hall–Kier alpha value is -3.29. The van der Waals surface area contributed by atoms with Crippen molar-refractivity contribution in [1.29, 1.82) is 0 Å². The van der Waals surface area contributed by atoms with Crippen LogP contribution in [0.5, 0.6) is 0 Å². The van der Waals surface area contributed by atoms with Crippen LogP contribution in [0.2, 0.25) is 0 Å². The summed E-state index contributed by atoms with van der Waals surface area (Å²) in [4.78, 5) is 30.7. The van der Waals surface area contributed by atoms with E-state index in [1.165, 1.54) is 0 Å². The van der Waals surface area contributed by atoms with Gasteiger partial charge in [-0.25, -0.2) is 4.98 Å². The van der Waals surface area contributed by atoms with Crippen LogP contribution in [0.4, 0.5) is 0 Å². The Kier molecular flexibility index (Phi) is 4.53. The molecule has 1 fully saturated rings. The lowest BCUT2D eigenvalue weighted by molar-refractivity contribution is -0.127. The van der Waals surface area contributed by atoms with Crippen LogP contribution in [0.25, 0.3) is 16.9 Å². The van der Waals surface area contributed by atoms with Crippen molar-refractivity contribution in [3.63, 3.8) is 0 Å². The van der Waals surface area contributed by atoms with Crippen LogP contribution < -0.4 is 5.32 Å². The molecule has 2 amide bonds. The van der Waals surface area contributed by atoms with E-state index in [0.717, 1.165) is 24.1 Å². The lowest BCUT2D eigenvalue weighted by Crippen LogP contribution is -2.37. The number of amides is 2. The molecule has 0 saturated carbocycles. The fourth-order valence-corrected chi connectivity index (χ4v) is 3.34. The lowest BCUT2D eigenvalue weighted by Gasteiger charge is -2.16. The summed E-state index contributed by atoms with van der Waals surface area (Å²) >= 11 is 0. The van der Waals surface area contributed by atoms with Crippen molar-refractivity contribution >= 4 is 17.6 Å². The van der Waals surface area contributed by atoms with Crippen molar-refractivity contribution in [2.24, 2.45) is 0 Å². The topological polar surface area (TPSA) is 92.5 Å². The highest BCUT2D eigenvalue weighted by atomic mass is 16.2. The number of fused-ring (bicyclic) bond motifs is 1. The molecule has 1 saturated heterocycles. The quantitative estimate of drug-likeness (QED) is 0.741. The van der Waals surface area contributed by atoms with Gasteiger partial charge in [0.25, 0.3) is 11.7 Å². The molecule has 1 N–H and O–H groups in total. The van der Waals surface area contributed by atoms with Crippen molar-refractivity contribution in [3.05, 3.63) is 48.5 Å². The van der Waals surface area contributed by atoms with Gasteiger partial charge in [0.15, 0.2) is 0 Å². The van der Waals surface area contributed by atoms with Crippen LogP contribution in [0.1, 0.15) is 30.1 Å². The van der Waals surface area contributed by atoms with Crippen molar-refractivity contribution in [1.82, 2.24) is 29.8 Å². The third-order valence-electron chi connectivity index (χ3n) is 4.65. The fraction of sp³-hybridized carbons (Fsp3) is 0.316. The molecule has 27 heavy (non-hydrogen) atoms. The molecular formula is C19H20N6O2. The number of aromatic nitrogens is 4.